The van der Waals surface area contributed by atoms with Gasteiger partial charge < -0.3 is 15.6 Å². The second-order valence-electron chi connectivity index (χ2n) is 3.21. The van der Waals surface area contributed by atoms with Crippen molar-refractivity contribution in [1.29, 1.82) is 0 Å². The van der Waals surface area contributed by atoms with E-state index in [1.54, 1.807) is 0 Å². The number of hydrogen-bond donors (Lipinski definition) is 2. The Morgan fingerprint density at radius 2 is 1.81 bits per heavy atom. The van der Waals surface area contributed by atoms with Crippen molar-refractivity contribution in [3.63, 3.8) is 0 Å². The van der Waals surface area contributed by atoms with Crippen LogP contribution in [0.25, 0.3) is 0 Å². The molecule has 90 valence electrons. The Morgan fingerprint density at radius 3 is 2.25 bits per heavy atom. The molecule has 1 aromatic carbocycles. The first-order valence-electron chi connectivity index (χ1n) is 4.66. The lowest BCUT2D eigenvalue weighted by molar-refractivity contribution is -0.274. The Balaban J connectivity index is 2.68. The molecule has 0 fully saturated rings. The fourth-order valence-corrected chi connectivity index (χ4v) is 1.22. The fourth-order valence-electron chi connectivity index (χ4n) is 1.22. The van der Waals surface area contributed by atoms with Gasteiger partial charge in [0.25, 0.3) is 0 Å². The average Bonchev–Trinajstić information content (AvgIpc) is 2.16. The van der Waals surface area contributed by atoms with Crippen LogP contribution in [0.5, 0.6) is 5.75 Å². The number of rotatable bonds is 4. The van der Waals surface area contributed by atoms with Gasteiger partial charge in [-0.25, -0.2) is 0 Å². The van der Waals surface area contributed by atoms with Gasteiger partial charge in [-0.15, -0.1) is 13.2 Å². The molecular formula is C10H12F3NO2. The molecule has 0 amide bonds. The van der Waals surface area contributed by atoms with Crippen LogP contribution in [0.2, 0.25) is 0 Å². The van der Waals surface area contributed by atoms with Gasteiger partial charge in [-0.3, -0.25) is 0 Å². The molecule has 3 N–H and O–H groups in total. The molecule has 0 saturated heterocycles. The van der Waals surface area contributed by atoms with E-state index in [1.165, 1.54) is 12.1 Å². The molecule has 0 spiro atoms. The molecule has 0 aliphatic carbocycles. The molecule has 16 heavy (non-hydrogen) atoms. The van der Waals surface area contributed by atoms with E-state index in [0.717, 1.165) is 12.1 Å². The van der Waals surface area contributed by atoms with Gasteiger partial charge in [0.15, 0.2) is 0 Å². The molecule has 1 atom stereocenters. The van der Waals surface area contributed by atoms with Gasteiger partial charge in [-0.1, -0.05) is 12.1 Å². The first kappa shape index (κ1) is 12.8. The van der Waals surface area contributed by atoms with Crippen molar-refractivity contribution < 1.29 is 23.0 Å². The van der Waals surface area contributed by atoms with E-state index >= 15 is 0 Å². The Hall–Kier alpha value is -1.27. The maximum Gasteiger partial charge on any atom is 0.573 e. The molecule has 1 unspecified atom stereocenters. The monoisotopic (exact) mass is 235 g/mol. The molecular weight excluding hydrogens is 223 g/mol. The van der Waals surface area contributed by atoms with Crippen LogP contribution in [-0.2, 0) is 0 Å². The molecule has 0 aliphatic rings. The van der Waals surface area contributed by atoms with Gasteiger partial charge in [0.1, 0.15) is 5.75 Å². The van der Waals surface area contributed by atoms with Crippen LogP contribution in [0.3, 0.4) is 0 Å². The van der Waals surface area contributed by atoms with Gasteiger partial charge in [0.05, 0.1) is 6.10 Å². The number of benzene rings is 1. The van der Waals surface area contributed by atoms with Crippen molar-refractivity contribution >= 4 is 0 Å². The molecule has 1 rings (SSSR count). The highest BCUT2D eigenvalue weighted by molar-refractivity contribution is 5.28. The number of ether oxygens (including phenoxy) is 1. The number of hydrogen-bond acceptors (Lipinski definition) is 3. The van der Waals surface area contributed by atoms with Gasteiger partial charge in [0, 0.05) is 0 Å². The van der Waals surface area contributed by atoms with Gasteiger partial charge >= 0.3 is 6.36 Å². The topological polar surface area (TPSA) is 55.5 Å². The van der Waals surface area contributed by atoms with Crippen molar-refractivity contribution in [2.75, 3.05) is 6.54 Å². The minimum absolute atomic E-state index is 0.308. The summed E-state index contributed by atoms with van der Waals surface area (Å²) in [5.41, 5.74) is 5.76. The van der Waals surface area contributed by atoms with Gasteiger partial charge in [-0.05, 0) is 30.7 Å². The molecule has 1 aromatic rings. The largest absolute Gasteiger partial charge is 0.573 e. The summed E-state index contributed by atoms with van der Waals surface area (Å²) in [4.78, 5) is 0. The summed E-state index contributed by atoms with van der Waals surface area (Å²) in [6, 6.07) is 5.06. The van der Waals surface area contributed by atoms with Crippen molar-refractivity contribution in [2.24, 2.45) is 5.73 Å². The lowest BCUT2D eigenvalue weighted by atomic mass is 10.1. The zero-order valence-electron chi connectivity index (χ0n) is 8.37. The minimum atomic E-state index is -4.70. The molecule has 0 heterocycles. The second-order valence-corrected chi connectivity index (χ2v) is 3.21. The predicted octanol–water partition coefficient (Wildman–Crippen LogP) is 1.97. The summed E-state index contributed by atoms with van der Waals surface area (Å²) in [6.07, 6.45) is -5.10. The first-order chi connectivity index (χ1) is 7.42. The van der Waals surface area contributed by atoms with Crippen LogP contribution in [0.4, 0.5) is 13.2 Å². The smallest absolute Gasteiger partial charge is 0.406 e. The number of aliphatic hydroxyl groups is 1. The Morgan fingerprint density at radius 1 is 1.25 bits per heavy atom. The summed E-state index contributed by atoms with van der Waals surface area (Å²) in [6.45, 7) is 0.308. The summed E-state index contributed by atoms with van der Waals surface area (Å²) in [5.74, 6) is -0.309. The highest BCUT2D eigenvalue weighted by atomic mass is 19.4. The Kier molecular flexibility index (Phi) is 4.14. The Bertz CT molecular complexity index is 324. The van der Waals surface area contributed by atoms with E-state index in [0.29, 0.717) is 18.5 Å². The average molecular weight is 235 g/mol. The highest BCUT2D eigenvalue weighted by Gasteiger charge is 2.30. The van der Waals surface area contributed by atoms with E-state index in [9.17, 15) is 18.3 Å². The molecule has 0 aliphatic heterocycles. The van der Waals surface area contributed by atoms with Crippen LogP contribution in [0, 0.1) is 0 Å². The third-order valence-electron chi connectivity index (χ3n) is 1.94. The summed E-state index contributed by atoms with van der Waals surface area (Å²) >= 11 is 0. The van der Waals surface area contributed by atoms with Gasteiger partial charge in [-0.2, -0.15) is 0 Å². The third-order valence-corrected chi connectivity index (χ3v) is 1.94. The van der Waals surface area contributed by atoms with Crippen molar-refractivity contribution in [3.8, 4) is 5.75 Å². The maximum atomic E-state index is 11.8. The molecule has 0 radical (unpaired) electrons. The van der Waals surface area contributed by atoms with E-state index < -0.39 is 12.5 Å². The highest BCUT2D eigenvalue weighted by Crippen LogP contribution is 2.24. The first-order valence-corrected chi connectivity index (χ1v) is 4.66. The van der Waals surface area contributed by atoms with E-state index in [-0.39, 0.29) is 5.75 Å². The Labute approximate surface area is 90.6 Å². The predicted molar refractivity (Wildman–Crippen MR) is 51.8 cm³/mol. The lowest BCUT2D eigenvalue weighted by Gasteiger charge is -2.12. The lowest BCUT2D eigenvalue weighted by Crippen LogP contribution is -2.17. The van der Waals surface area contributed by atoms with Crippen molar-refractivity contribution in [3.05, 3.63) is 29.8 Å². The molecule has 0 saturated carbocycles. The second kappa shape index (κ2) is 5.18. The molecule has 0 bridgehead atoms. The SMILES string of the molecule is NCCC(O)c1ccc(OC(F)(F)F)cc1. The quantitative estimate of drug-likeness (QED) is 0.838. The molecule has 0 aromatic heterocycles. The van der Waals surface area contributed by atoms with E-state index in [2.05, 4.69) is 4.74 Å². The van der Waals surface area contributed by atoms with Crippen molar-refractivity contribution in [2.45, 2.75) is 18.9 Å². The third kappa shape index (κ3) is 4.08. The van der Waals surface area contributed by atoms with Crippen LogP contribution in [-0.4, -0.2) is 18.0 Å². The number of halogens is 3. The minimum Gasteiger partial charge on any atom is -0.406 e. The normalized spacial score (nSPS) is 13.6. The number of alkyl halides is 3. The summed E-state index contributed by atoms with van der Waals surface area (Å²) in [7, 11) is 0. The molecule has 3 nitrogen and oxygen atoms in total. The van der Waals surface area contributed by atoms with Crippen molar-refractivity contribution in [1.82, 2.24) is 0 Å². The van der Waals surface area contributed by atoms with Crippen LogP contribution in [0.15, 0.2) is 24.3 Å². The van der Waals surface area contributed by atoms with Gasteiger partial charge in [0.2, 0.25) is 0 Å². The summed E-state index contributed by atoms with van der Waals surface area (Å²) in [5, 5.41) is 9.50. The number of aliphatic hydroxyl groups excluding tert-OH is 1. The van der Waals surface area contributed by atoms with Crippen LogP contribution in [0.1, 0.15) is 18.1 Å². The zero-order valence-corrected chi connectivity index (χ0v) is 8.37. The maximum absolute atomic E-state index is 11.8. The van der Waals surface area contributed by atoms with Crippen LogP contribution < -0.4 is 10.5 Å². The molecule has 6 heteroatoms. The number of nitrogens with two attached hydrogens (primary N) is 1. The van der Waals surface area contributed by atoms with E-state index in [4.69, 9.17) is 5.73 Å². The fraction of sp³-hybridized carbons (Fsp3) is 0.400. The summed E-state index contributed by atoms with van der Waals surface area (Å²) < 4.78 is 39.2. The van der Waals surface area contributed by atoms with E-state index in [1.807, 2.05) is 0 Å². The zero-order chi connectivity index (χ0) is 12.2. The van der Waals surface area contributed by atoms with Crippen LogP contribution >= 0.6 is 0 Å². The standard InChI is InChI=1S/C10H12F3NO2/c11-10(12,13)16-8-3-1-7(2-4-8)9(15)5-6-14/h1-4,9,15H,5-6,14H2.